The lowest BCUT2D eigenvalue weighted by Gasteiger charge is -2.24. The second-order valence-electron chi connectivity index (χ2n) is 5.11. The molecular formula is C13H26N2S. The monoisotopic (exact) mass is 242 g/mol. The number of piperidine rings is 1. The van der Waals surface area contributed by atoms with Gasteiger partial charge in [0.25, 0.3) is 0 Å². The van der Waals surface area contributed by atoms with Crippen LogP contribution >= 0.6 is 11.8 Å². The first-order valence-electron chi connectivity index (χ1n) is 7.01. The molecule has 1 aliphatic carbocycles. The van der Waals surface area contributed by atoms with E-state index in [4.69, 9.17) is 0 Å². The lowest BCUT2D eigenvalue weighted by Crippen LogP contribution is -2.33. The molecule has 1 aliphatic heterocycles. The van der Waals surface area contributed by atoms with Crippen LogP contribution < -0.4 is 10.6 Å². The standard InChI is InChI=1S/C13H26N2S/c1-2-4-12(5-3-1)15-10-11-16-13-6-8-14-9-7-13/h12-15H,1-11H2. The topological polar surface area (TPSA) is 24.1 Å². The minimum absolute atomic E-state index is 0.836. The van der Waals surface area contributed by atoms with Crippen molar-refractivity contribution in [1.29, 1.82) is 0 Å². The average Bonchev–Trinajstić information content (AvgIpc) is 2.37. The van der Waals surface area contributed by atoms with Crippen LogP contribution in [0.25, 0.3) is 0 Å². The minimum Gasteiger partial charge on any atom is -0.317 e. The van der Waals surface area contributed by atoms with Gasteiger partial charge in [0.15, 0.2) is 0 Å². The highest BCUT2D eigenvalue weighted by Crippen LogP contribution is 2.20. The van der Waals surface area contributed by atoms with Gasteiger partial charge < -0.3 is 10.6 Å². The first-order chi connectivity index (χ1) is 7.95. The molecule has 2 fully saturated rings. The number of rotatable bonds is 5. The van der Waals surface area contributed by atoms with Gasteiger partial charge in [-0.25, -0.2) is 0 Å². The molecule has 2 rings (SSSR count). The molecule has 0 aromatic heterocycles. The summed E-state index contributed by atoms with van der Waals surface area (Å²) in [4.78, 5) is 0. The highest BCUT2D eigenvalue weighted by molar-refractivity contribution is 7.99. The van der Waals surface area contributed by atoms with E-state index in [-0.39, 0.29) is 0 Å². The van der Waals surface area contributed by atoms with Crippen molar-refractivity contribution in [3.63, 3.8) is 0 Å². The Labute approximate surface area is 104 Å². The molecule has 16 heavy (non-hydrogen) atoms. The van der Waals surface area contributed by atoms with Gasteiger partial charge in [0.2, 0.25) is 0 Å². The van der Waals surface area contributed by atoms with Crippen LogP contribution in [0.3, 0.4) is 0 Å². The molecule has 1 saturated heterocycles. The van der Waals surface area contributed by atoms with Gasteiger partial charge in [-0.05, 0) is 38.8 Å². The van der Waals surface area contributed by atoms with Crippen LogP contribution in [0.5, 0.6) is 0 Å². The predicted octanol–water partition coefficient (Wildman–Crippen LogP) is 2.39. The maximum Gasteiger partial charge on any atom is 0.00716 e. The zero-order valence-electron chi connectivity index (χ0n) is 10.3. The van der Waals surface area contributed by atoms with E-state index in [2.05, 4.69) is 22.4 Å². The van der Waals surface area contributed by atoms with Gasteiger partial charge in [-0.1, -0.05) is 19.3 Å². The van der Waals surface area contributed by atoms with Gasteiger partial charge in [0.05, 0.1) is 0 Å². The first kappa shape index (κ1) is 12.7. The van der Waals surface area contributed by atoms with Gasteiger partial charge >= 0.3 is 0 Å². The smallest absolute Gasteiger partial charge is 0.00716 e. The number of hydrogen-bond acceptors (Lipinski definition) is 3. The molecule has 0 bridgehead atoms. The minimum atomic E-state index is 0.836. The fourth-order valence-electron chi connectivity index (χ4n) is 2.76. The molecular weight excluding hydrogens is 216 g/mol. The Morgan fingerprint density at radius 3 is 2.50 bits per heavy atom. The summed E-state index contributed by atoms with van der Waals surface area (Å²) < 4.78 is 0. The van der Waals surface area contributed by atoms with Crippen molar-refractivity contribution >= 4 is 11.8 Å². The van der Waals surface area contributed by atoms with Crippen LogP contribution in [0.15, 0.2) is 0 Å². The Morgan fingerprint density at radius 2 is 1.75 bits per heavy atom. The van der Waals surface area contributed by atoms with Crippen molar-refractivity contribution in [3.8, 4) is 0 Å². The van der Waals surface area contributed by atoms with Crippen LogP contribution in [0.2, 0.25) is 0 Å². The summed E-state index contributed by atoms with van der Waals surface area (Å²) in [6.07, 6.45) is 9.92. The Bertz CT molecular complexity index is 155. The summed E-state index contributed by atoms with van der Waals surface area (Å²) in [5, 5.41) is 8.08. The van der Waals surface area contributed by atoms with E-state index in [1.54, 1.807) is 0 Å². The summed E-state index contributed by atoms with van der Waals surface area (Å²) in [6, 6.07) is 0.836. The third kappa shape index (κ3) is 4.64. The Morgan fingerprint density at radius 1 is 1.00 bits per heavy atom. The number of thioether (sulfide) groups is 1. The molecule has 0 atom stereocenters. The third-order valence-corrected chi connectivity index (χ3v) is 5.16. The number of hydrogen-bond donors (Lipinski definition) is 2. The SMILES string of the molecule is C1CCC(NCCSC2CCNCC2)CC1. The van der Waals surface area contributed by atoms with Crippen LogP contribution in [0, 0.1) is 0 Å². The van der Waals surface area contributed by atoms with Gasteiger partial charge in [-0.2, -0.15) is 11.8 Å². The van der Waals surface area contributed by atoms with Crippen molar-refractivity contribution in [3.05, 3.63) is 0 Å². The lowest BCUT2D eigenvalue weighted by molar-refractivity contribution is 0.381. The molecule has 0 spiro atoms. The van der Waals surface area contributed by atoms with Crippen LogP contribution in [0.1, 0.15) is 44.9 Å². The van der Waals surface area contributed by atoms with Gasteiger partial charge in [-0.3, -0.25) is 0 Å². The predicted molar refractivity (Wildman–Crippen MR) is 73.2 cm³/mol. The molecule has 1 saturated carbocycles. The summed E-state index contributed by atoms with van der Waals surface area (Å²) in [7, 11) is 0. The molecule has 0 aromatic carbocycles. The molecule has 2 nitrogen and oxygen atoms in total. The molecule has 2 aliphatic rings. The van der Waals surface area contributed by atoms with E-state index < -0.39 is 0 Å². The van der Waals surface area contributed by atoms with E-state index in [0.29, 0.717) is 0 Å². The van der Waals surface area contributed by atoms with E-state index in [1.165, 1.54) is 70.3 Å². The van der Waals surface area contributed by atoms with Gasteiger partial charge in [0, 0.05) is 23.6 Å². The van der Waals surface area contributed by atoms with E-state index in [9.17, 15) is 0 Å². The Kier molecular flexibility index (Phi) is 6.02. The zero-order valence-corrected chi connectivity index (χ0v) is 11.2. The van der Waals surface area contributed by atoms with E-state index in [0.717, 1.165) is 11.3 Å². The molecule has 0 radical (unpaired) electrons. The second kappa shape index (κ2) is 7.57. The molecule has 2 N–H and O–H groups in total. The summed E-state index contributed by atoms with van der Waals surface area (Å²) in [5.41, 5.74) is 0. The van der Waals surface area contributed by atoms with Gasteiger partial charge in [-0.15, -0.1) is 0 Å². The quantitative estimate of drug-likeness (QED) is 0.724. The molecule has 0 aromatic rings. The Balaban J connectivity index is 1.47. The second-order valence-corrected chi connectivity index (χ2v) is 6.52. The van der Waals surface area contributed by atoms with E-state index in [1.807, 2.05) is 0 Å². The average molecular weight is 242 g/mol. The Hall–Kier alpha value is 0.270. The molecule has 0 amide bonds. The van der Waals surface area contributed by atoms with Crippen molar-refractivity contribution < 1.29 is 0 Å². The van der Waals surface area contributed by atoms with Crippen LogP contribution in [0.4, 0.5) is 0 Å². The van der Waals surface area contributed by atoms with Crippen LogP contribution in [-0.2, 0) is 0 Å². The molecule has 1 heterocycles. The van der Waals surface area contributed by atoms with Crippen LogP contribution in [-0.4, -0.2) is 36.7 Å². The van der Waals surface area contributed by atoms with Crippen molar-refractivity contribution in [1.82, 2.24) is 10.6 Å². The van der Waals surface area contributed by atoms with Crippen molar-refractivity contribution in [2.75, 3.05) is 25.4 Å². The highest BCUT2D eigenvalue weighted by atomic mass is 32.2. The third-order valence-electron chi connectivity index (χ3n) is 3.78. The molecule has 3 heteroatoms. The largest absolute Gasteiger partial charge is 0.317 e. The van der Waals surface area contributed by atoms with Crippen molar-refractivity contribution in [2.24, 2.45) is 0 Å². The van der Waals surface area contributed by atoms with Crippen molar-refractivity contribution in [2.45, 2.75) is 56.2 Å². The molecule has 0 unspecified atom stereocenters. The highest BCUT2D eigenvalue weighted by Gasteiger charge is 2.14. The molecule has 94 valence electrons. The fourth-order valence-corrected chi connectivity index (χ4v) is 3.90. The zero-order chi connectivity index (χ0) is 11.1. The fraction of sp³-hybridized carbons (Fsp3) is 1.00. The maximum atomic E-state index is 3.72. The van der Waals surface area contributed by atoms with Gasteiger partial charge in [0.1, 0.15) is 0 Å². The summed E-state index contributed by atoms with van der Waals surface area (Å²) in [6.45, 7) is 3.68. The number of nitrogens with one attached hydrogen (secondary N) is 2. The lowest BCUT2D eigenvalue weighted by atomic mass is 9.96. The first-order valence-corrected chi connectivity index (χ1v) is 8.06. The maximum absolute atomic E-state index is 3.72. The normalized spacial score (nSPS) is 24.8. The summed E-state index contributed by atoms with van der Waals surface area (Å²) >= 11 is 2.18. The van der Waals surface area contributed by atoms with E-state index >= 15 is 0 Å². The summed E-state index contributed by atoms with van der Waals surface area (Å²) in [5.74, 6) is 1.31.